The summed E-state index contributed by atoms with van der Waals surface area (Å²) in [5.74, 6) is 0.402. The number of hydrogen-bond acceptors (Lipinski definition) is 2. The van der Waals surface area contributed by atoms with E-state index >= 15 is 0 Å². The Morgan fingerprint density at radius 2 is 1.89 bits per heavy atom. The summed E-state index contributed by atoms with van der Waals surface area (Å²) in [5, 5.41) is 0. The predicted octanol–water partition coefficient (Wildman–Crippen LogP) is 3.21. The lowest BCUT2D eigenvalue weighted by molar-refractivity contribution is 0.212. The van der Waals surface area contributed by atoms with Gasteiger partial charge in [-0.25, -0.2) is 4.39 Å². The Bertz CT molecular complexity index is 513. The molecule has 2 nitrogen and oxygen atoms in total. The first-order valence-electron chi connectivity index (χ1n) is 5.88. The SMILES string of the molecule is Cc1cc(F)ccc1OC(CN)c1ccccc1. The zero-order valence-electron chi connectivity index (χ0n) is 10.3. The van der Waals surface area contributed by atoms with Crippen molar-refractivity contribution in [2.75, 3.05) is 6.54 Å². The fourth-order valence-corrected chi connectivity index (χ4v) is 1.82. The zero-order chi connectivity index (χ0) is 13.0. The van der Waals surface area contributed by atoms with Crippen LogP contribution in [0.15, 0.2) is 48.5 Å². The molecule has 0 aliphatic rings. The minimum atomic E-state index is -0.260. The van der Waals surface area contributed by atoms with E-state index in [4.69, 9.17) is 10.5 Å². The van der Waals surface area contributed by atoms with Crippen molar-refractivity contribution in [3.63, 3.8) is 0 Å². The van der Waals surface area contributed by atoms with Crippen LogP contribution in [0.4, 0.5) is 4.39 Å². The molecule has 1 atom stereocenters. The van der Waals surface area contributed by atoms with Gasteiger partial charge in [-0.15, -0.1) is 0 Å². The molecule has 2 N–H and O–H groups in total. The molecule has 0 amide bonds. The average molecular weight is 245 g/mol. The minimum absolute atomic E-state index is 0.213. The van der Waals surface area contributed by atoms with Gasteiger partial charge in [-0.2, -0.15) is 0 Å². The molecule has 2 aromatic carbocycles. The standard InChI is InChI=1S/C15H16FNO/c1-11-9-13(16)7-8-14(11)18-15(10-17)12-5-3-2-4-6-12/h2-9,15H,10,17H2,1H3. The summed E-state index contributed by atoms with van der Waals surface area (Å²) in [7, 11) is 0. The van der Waals surface area contributed by atoms with Crippen LogP contribution in [0.5, 0.6) is 5.75 Å². The third-order valence-corrected chi connectivity index (χ3v) is 2.79. The lowest BCUT2D eigenvalue weighted by Gasteiger charge is -2.19. The second-order valence-corrected chi connectivity index (χ2v) is 4.16. The summed E-state index contributed by atoms with van der Waals surface area (Å²) in [4.78, 5) is 0. The second-order valence-electron chi connectivity index (χ2n) is 4.16. The molecule has 0 saturated carbocycles. The molecule has 0 fully saturated rings. The summed E-state index contributed by atoms with van der Waals surface area (Å²) in [6.07, 6.45) is -0.213. The minimum Gasteiger partial charge on any atom is -0.484 e. The average Bonchev–Trinajstić information content (AvgIpc) is 2.39. The van der Waals surface area contributed by atoms with E-state index in [1.165, 1.54) is 12.1 Å². The fourth-order valence-electron chi connectivity index (χ4n) is 1.82. The van der Waals surface area contributed by atoms with E-state index in [0.717, 1.165) is 11.1 Å². The van der Waals surface area contributed by atoms with Gasteiger partial charge in [-0.3, -0.25) is 0 Å². The van der Waals surface area contributed by atoms with E-state index < -0.39 is 0 Å². The van der Waals surface area contributed by atoms with Crippen LogP contribution < -0.4 is 10.5 Å². The first-order chi connectivity index (χ1) is 8.70. The van der Waals surface area contributed by atoms with E-state index in [-0.39, 0.29) is 11.9 Å². The summed E-state index contributed by atoms with van der Waals surface area (Å²) < 4.78 is 18.9. The maximum Gasteiger partial charge on any atom is 0.136 e. The van der Waals surface area contributed by atoms with E-state index in [1.807, 2.05) is 37.3 Å². The maximum atomic E-state index is 13.0. The highest BCUT2D eigenvalue weighted by Gasteiger charge is 2.12. The Labute approximate surface area is 106 Å². The molecule has 0 aliphatic carbocycles. The van der Waals surface area contributed by atoms with Gasteiger partial charge in [0.2, 0.25) is 0 Å². The van der Waals surface area contributed by atoms with Crippen LogP contribution in [-0.4, -0.2) is 6.54 Å². The molecule has 3 heteroatoms. The lowest BCUT2D eigenvalue weighted by Crippen LogP contribution is -2.18. The van der Waals surface area contributed by atoms with Gasteiger partial charge < -0.3 is 10.5 Å². The van der Waals surface area contributed by atoms with E-state index in [1.54, 1.807) is 6.07 Å². The molecule has 2 rings (SSSR count). The summed E-state index contributed by atoms with van der Waals surface area (Å²) in [5.41, 5.74) is 7.52. The molecule has 1 unspecified atom stereocenters. The molecular formula is C15H16FNO. The highest BCUT2D eigenvalue weighted by Crippen LogP contribution is 2.25. The number of halogens is 1. The molecule has 18 heavy (non-hydrogen) atoms. The van der Waals surface area contributed by atoms with Gasteiger partial charge >= 0.3 is 0 Å². The first-order valence-corrected chi connectivity index (χ1v) is 5.88. The number of ether oxygens (including phenoxy) is 1. The molecule has 0 aromatic heterocycles. The number of rotatable bonds is 4. The topological polar surface area (TPSA) is 35.2 Å². The first kappa shape index (κ1) is 12.6. The van der Waals surface area contributed by atoms with Gasteiger partial charge in [0.05, 0.1) is 0 Å². The Morgan fingerprint density at radius 1 is 1.17 bits per heavy atom. The van der Waals surface area contributed by atoms with Crippen LogP contribution in [0.3, 0.4) is 0 Å². The quantitative estimate of drug-likeness (QED) is 0.897. The summed E-state index contributed by atoms with van der Waals surface area (Å²) in [6, 6.07) is 14.2. The van der Waals surface area contributed by atoms with Crippen molar-refractivity contribution in [3.05, 3.63) is 65.5 Å². The third-order valence-electron chi connectivity index (χ3n) is 2.79. The zero-order valence-corrected chi connectivity index (χ0v) is 10.3. The molecule has 0 bridgehead atoms. The van der Waals surface area contributed by atoms with Crippen molar-refractivity contribution in [2.45, 2.75) is 13.0 Å². The van der Waals surface area contributed by atoms with Gasteiger partial charge in [0.25, 0.3) is 0 Å². The number of benzene rings is 2. The van der Waals surface area contributed by atoms with Gasteiger partial charge in [-0.05, 0) is 36.2 Å². The molecular weight excluding hydrogens is 229 g/mol. The van der Waals surface area contributed by atoms with Crippen LogP contribution in [0.25, 0.3) is 0 Å². The summed E-state index contributed by atoms with van der Waals surface area (Å²) in [6.45, 7) is 2.19. The molecule has 0 heterocycles. The van der Waals surface area contributed by atoms with Crippen molar-refractivity contribution in [2.24, 2.45) is 5.73 Å². The smallest absolute Gasteiger partial charge is 0.136 e. The van der Waals surface area contributed by atoms with Crippen LogP contribution in [0.2, 0.25) is 0 Å². The van der Waals surface area contributed by atoms with Gasteiger partial charge in [-0.1, -0.05) is 30.3 Å². The number of nitrogens with two attached hydrogens (primary N) is 1. The van der Waals surface area contributed by atoms with Crippen molar-refractivity contribution < 1.29 is 9.13 Å². The monoisotopic (exact) mass is 245 g/mol. The van der Waals surface area contributed by atoms with E-state index in [2.05, 4.69) is 0 Å². The molecule has 0 saturated heterocycles. The van der Waals surface area contributed by atoms with Gasteiger partial charge in [0.1, 0.15) is 17.7 Å². The third kappa shape index (κ3) is 2.87. The van der Waals surface area contributed by atoms with Crippen molar-refractivity contribution >= 4 is 0 Å². The highest BCUT2D eigenvalue weighted by atomic mass is 19.1. The summed E-state index contributed by atoms with van der Waals surface area (Å²) >= 11 is 0. The Morgan fingerprint density at radius 3 is 2.50 bits per heavy atom. The molecule has 94 valence electrons. The van der Waals surface area contributed by atoms with Crippen molar-refractivity contribution in [1.29, 1.82) is 0 Å². The van der Waals surface area contributed by atoms with Crippen LogP contribution >= 0.6 is 0 Å². The number of aryl methyl sites for hydroxylation is 1. The van der Waals surface area contributed by atoms with Crippen LogP contribution in [0, 0.1) is 12.7 Å². The Balaban J connectivity index is 2.21. The lowest BCUT2D eigenvalue weighted by atomic mass is 10.1. The Hall–Kier alpha value is -1.87. The fraction of sp³-hybridized carbons (Fsp3) is 0.200. The predicted molar refractivity (Wildman–Crippen MR) is 70.0 cm³/mol. The maximum absolute atomic E-state index is 13.0. The largest absolute Gasteiger partial charge is 0.484 e. The van der Waals surface area contributed by atoms with Crippen LogP contribution in [-0.2, 0) is 0 Å². The van der Waals surface area contributed by atoms with Gasteiger partial charge in [0.15, 0.2) is 0 Å². The second kappa shape index (κ2) is 5.65. The van der Waals surface area contributed by atoms with Gasteiger partial charge in [0, 0.05) is 6.54 Å². The number of hydrogen-bond donors (Lipinski definition) is 1. The molecule has 0 aliphatic heterocycles. The van der Waals surface area contributed by atoms with Crippen molar-refractivity contribution in [3.8, 4) is 5.75 Å². The Kier molecular flexibility index (Phi) is 3.95. The normalized spacial score (nSPS) is 12.2. The van der Waals surface area contributed by atoms with Crippen molar-refractivity contribution in [1.82, 2.24) is 0 Å². The van der Waals surface area contributed by atoms with E-state index in [9.17, 15) is 4.39 Å². The van der Waals surface area contributed by atoms with E-state index in [0.29, 0.717) is 12.3 Å². The van der Waals surface area contributed by atoms with Crippen LogP contribution in [0.1, 0.15) is 17.2 Å². The highest BCUT2D eigenvalue weighted by molar-refractivity contribution is 5.33. The molecule has 0 radical (unpaired) electrons. The molecule has 0 spiro atoms. The molecule has 2 aromatic rings.